The molecule has 0 atom stereocenters. The fraction of sp³-hybridized carbons (Fsp3) is 0.300. The number of alkyl halides is 3. The highest BCUT2D eigenvalue weighted by Crippen LogP contribution is 2.29. The van der Waals surface area contributed by atoms with Crippen LogP contribution < -0.4 is 11.1 Å². The summed E-state index contributed by atoms with van der Waals surface area (Å²) in [7, 11) is 1.41. The second kappa shape index (κ2) is 4.52. The Balaban J connectivity index is 3.24. The van der Waals surface area contributed by atoms with Gasteiger partial charge in [-0.25, -0.2) is 4.79 Å². The van der Waals surface area contributed by atoms with Gasteiger partial charge in [0.15, 0.2) is 0 Å². The zero-order chi connectivity index (χ0) is 13.2. The summed E-state index contributed by atoms with van der Waals surface area (Å²) >= 11 is 0. The number of carbonyl (C=O) groups is 1. The van der Waals surface area contributed by atoms with Crippen LogP contribution in [0.25, 0.3) is 0 Å². The van der Waals surface area contributed by atoms with E-state index in [0.717, 1.165) is 12.1 Å². The maximum absolute atomic E-state index is 12.3. The molecule has 0 saturated carbocycles. The van der Waals surface area contributed by atoms with E-state index in [9.17, 15) is 18.0 Å². The number of anilines is 2. The molecule has 0 heterocycles. The Bertz CT molecular complexity index is 444. The molecule has 7 heteroatoms. The van der Waals surface area contributed by atoms with E-state index in [2.05, 4.69) is 5.32 Å². The number of benzene rings is 1. The van der Waals surface area contributed by atoms with Crippen molar-refractivity contribution in [2.24, 2.45) is 0 Å². The molecular formula is C10H11F3N2O2. The van der Waals surface area contributed by atoms with Gasteiger partial charge in [-0.1, -0.05) is 0 Å². The van der Waals surface area contributed by atoms with E-state index in [1.54, 1.807) is 0 Å². The lowest BCUT2D eigenvalue weighted by Crippen LogP contribution is -2.14. The minimum absolute atomic E-state index is 0.0810. The van der Waals surface area contributed by atoms with Crippen molar-refractivity contribution in [3.63, 3.8) is 0 Å². The first-order valence-electron chi connectivity index (χ1n) is 4.65. The van der Waals surface area contributed by atoms with E-state index in [1.165, 1.54) is 7.05 Å². The highest BCUT2D eigenvalue weighted by Gasteiger charge is 2.29. The lowest BCUT2D eigenvalue weighted by Gasteiger charge is -2.14. The van der Waals surface area contributed by atoms with Crippen molar-refractivity contribution in [2.45, 2.75) is 12.6 Å². The molecule has 0 spiro atoms. The summed E-state index contributed by atoms with van der Waals surface area (Å²) in [4.78, 5) is 10.8. The second-order valence-electron chi connectivity index (χ2n) is 3.44. The van der Waals surface area contributed by atoms with Crippen LogP contribution in [0.15, 0.2) is 12.1 Å². The number of nitrogen functional groups attached to an aromatic ring is 1. The van der Waals surface area contributed by atoms with Crippen molar-refractivity contribution in [1.82, 2.24) is 0 Å². The van der Waals surface area contributed by atoms with Crippen LogP contribution >= 0.6 is 0 Å². The molecule has 0 fully saturated rings. The third-order valence-electron chi connectivity index (χ3n) is 2.17. The minimum Gasteiger partial charge on any atom is -0.478 e. The SMILES string of the molecule is CNc1cc(C(=O)O)c(N)cc1CC(F)(F)F. The van der Waals surface area contributed by atoms with Gasteiger partial charge in [-0.3, -0.25) is 0 Å². The zero-order valence-electron chi connectivity index (χ0n) is 8.93. The number of nitrogens with two attached hydrogens (primary N) is 1. The van der Waals surface area contributed by atoms with Crippen LogP contribution in [-0.2, 0) is 6.42 Å². The first-order valence-corrected chi connectivity index (χ1v) is 4.65. The standard InChI is InChI=1S/C10H11F3N2O2/c1-15-8-3-6(9(16)17)7(14)2-5(8)4-10(11,12)13/h2-3,15H,4,14H2,1H3,(H,16,17). The summed E-state index contributed by atoms with van der Waals surface area (Å²) in [6.45, 7) is 0. The summed E-state index contributed by atoms with van der Waals surface area (Å²) in [5.74, 6) is -1.28. The second-order valence-corrected chi connectivity index (χ2v) is 3.44. The zero-order valence-corrected chi connectivity index (χ0v) is 8.93. The summed E-state index contributed by atoms with van der Waals surface area (Å²) in [6, 6.07) is 2.13. The molecule has 0 aliphatic carbocycles. The maximum atomic E-state index is 12.3. The fourth-order valence-corrected chi connectivity index (χ4v) is 1.44. The topological polar surface area (TPSA) is 75.3 Å². The van der Waals surface area contributed by atoms with Crippen molar-refractivity contribution in [3.05, 3.63) is 23.3 Å². The van der Waals surface area contributed by atoms with Gasteiger partial charge in [0, 0.05) is 18.4 Å². The molecule has 0 saturated heterocycles. The molecule has 0 aliphatic rings. The lowest BCUT2D eigenvalue weighted by atomic mass is 10.0. The van der Waals surface area contributed by atoms with Crippen LogP contribution in [0, 0.1) is 0 Å². The molecule has 0 amide bonds. The van der Waals surface area contributed by atoms with Crippen LogP contribution in [0.4, 0.5) is 24.5 Å². The highest BCUT2D eigenvalue weighted by atomic mass is 19.4. The van der Waals surface area contributed by atoms with Gasteiger partial charge in [0.25, 0.3) is 0 Å². The van der Waals surface area contributed by atoms with Gasteiger partial charge in [-0.15, -0.1) is 0 Å². The Labute approximate surface area is 95.2 Å². The molecule has 0 bridgehead atoms. The van der Waals surface area contributed by atoms with Crippen molar-refractivity contribution >= 4 is 17.3 Å². The van der Waals surface area contributed by atoms with Crippen LogP contribution in [0.3, 0.4) is 0 Å². The lowest BCUT2D eigenvalue weighted by molar-refractivity contribution is -0.127. The summed E-state index contributed by atoms with van der Waals surface area (Å²) in [5.41, 5.74) is 5.01. The molecule has 1 aromatic carbocycles. The number of nitrogens with one attached hydrogen (secondary N) is 1. The van der Waals surface area contributed by atoms with Gasteiger partial charge in [0.2, 0.25) is 0 Å². The molecular weight excluding hydrogens is 237 g/mol. The van der Waals surface area contributed by atoms with Crippen molar-refractivity contribution in [3.8, 4) is 0 Å². The fourth-order valence-electron chi connectivity index (χ4n) is 1.44. The Morgan fingerprint density at radius 2 is 2.06 bits per heavy atom. The molecule has 1 aromatic rings. The third kappa shape index (κ3) is 3.27. The van der Waals surface area contributed by atoms with E-state index in [1.807, 2.05) is 0 Å². The predicted molar refractivity (Wildman–Crippen MR) is 57.1 cm³/mol. The summed E-state index contributed by atoms with van der Waals surface area (Å²) < 4.78 is 36.8. The number of aromatic carboxylic acids is 1. The van der Waals surface area contributed by atoms with E-state index in [4.69, 9.17) is 10.8 Å². The Hall–Kier alpha value is -1.92. The quantitative estimate of drug-likeness (QED) is 0.716. The van der Waals surface area contributed by atoms with E-state index in [0.29, 0.717) is 0 Å². The molecule has 17 heavy (non-hydrogen) atoms. The average Bonchev–Trinajstić information content (AvgIpc) is 2.14. The van der Waals surface area contributed by atoms with E-state index >= 15 is 0 Å². The van der Waals surface area contributed by atoms with Crippen LogP contribution in [0.2, 0.25) is 0 Å². The smallest absolute Gasteiger partial charge is 0.393 e. The normalized spacial score (nSPS) is 11.3. The molecule has 4 nitrogen and oxygen atoms in total. The minimum atomic E-state index is -4.37. The average molecular weight is 248 g/mol. The highest BCUT2D eigenvalue weighted by molar-refractivity contribution is 5.95. The first-order chi connectivity index (χ1) is 7.74. The van der Waals surface area contributed by atoms with Gasteiger partial charge in [-0.05, 0) is 17.7 Å². The number of halogens is 3. The molecule has 1 rings (SSSR count). The Morgan fingerprint density at radius 1 is 1.47 bits per heavy atom. The Morgan fingerprint density at radius 3 is 2.47 bits per heavy atom. The van der Waals surface area contributed by atoms with Gasteiger partial charge in [0.1, 0.15) is 0 Å². The van der Waals surface area contributed by atoms with Crippen molar-refractivity contribution < 1.29 is 23.1 Å². The number of hydrogen-bond acceptors (Lipinski definition) is 3. The van der Waals surface area contributed by atoms with Crippen molar-refractivity contribution in [2.75, 3.05) is 18.1 Å². The predicted octanol–water partition coefficient (Wildman–Crippen LogP) is 2.11. The number of hydrogen-bond donors (Lipinski definition) is 3. The van der Waals surface area contributed by atoms with Gasteiger partial charge >= 0.3 is 12.1 Å². The molecule has 94 valence electrons. The first kappa shape index (κ1) is 13.1. The summed E-state index contributed by atoms with van der Waals surface area (Å²) in [5, 5.41) is 11.3. The molecule has 0 aliphatic heterocycles. The molecule has 4 N–H and O–H groups in total. The maximum Gasteiger partial charge on any atom is 0.393 e. The van der Waals surface area contributed by atoms with Crippen LogP contribution in [0.1, 0.15) is 15.9 Å². The monoisotopic (exact) mass is 248 g/mol. The molecule has 0 aromatic heterocycles. The van der Waals surface area contributed by atoms with Gasteiger partial charge < -0.3 is 16.2 Å². The summed E-state index contributed by atoms with van der Waals surface area (Å²) in [6.07, 6.45) is -5.53. The molecule has 0 radical (unpaired) electrons. The van der Waals surface area contributed by atoms with Gasteiger partial charge in [0.05, 0.1) is 12.0 Å². The number of rotatable bonds is 3. The Kier molecular flexibility index (Phi) is 3.50. The largest absolute Gasteiger partial charge is 0.478 e. The van der Waals surface area contributed by atoms with E-state index < -0.39 is 18.6 Å². The number of carboxylic acid groups (broad SMARTS) is 1. The van der Waals surface area contributed by atoms with Crippen LogP contribution in [-0.4, -0.2) is 24.3 Å². The van der Waals surface area contributed by atoms with Crippen molar-refractivity contribution in [1.29, 1.82) is 0 Å². The van der Waals surface area contributed by atoms with E-state index in [-0.39, 0.29) is 22.5 Å². The van der Waals surface area contributed by atoms with Gasteiger partial charge in [-0.2, -0.15) is 13.2 Å². The molecule has 0 unspecified atom stereocenters. The van der Waals surface area contributed by atoms with Crippen LogP contribution in [0.5, 0.6) is 0 Å². The number of carboxylic acids is 1. The third-order valence-corrected chi connectivity index (χ3v) is 2.17.